The second-order valence-corrected chi connectivity index (χ2v) is 19.1. The number of amides is 4. The molecule has 4 amide bonds. The average Bonchev–Trinajstić information content (AvgIpc) is 3.97. The first kappa shape index (κ1) is 58.9. The van der Waals surface area contributed by atoms with Gasteiger partial charge in [0.2, 0.25) is 17.7 Å². The van der Waals surface area contributed by atoms with E-state index in [1.165, 1.54) is 38.2 Å². The number of fused-ring (bicyclic) bond motifs is 3. The number of carbonyl (C=O) groups is 5. The third-order valence-electron chi connectivity index (χ3n) is 13.2. The largest absolute Gasteiger partial charge is 0.468 e. The molecule has 1 saturated heterocycles. The van der Waals surface area contributed by atoms with E-state index in [1.54, 1.807) is 19.1 Å². The fourth-order valence-corrected chi connectivity index (χ4v) is 9.59. The van der Waals surface area contributed by atoms with Crippen molar-refractivity contribution in [3.05, 3.63) is 95.6 Å². The van der Waals surface area contributed by atoms with E-state index in [4.69, 9.17) is 31.2 Å². The van der Waals surface area contributed by atoms with Crippen LogP contribution in [0.5, 0.6) is 0 Å². The van der Waals surface area contributed by atoms with Gasteiger partial charge in [-0.2, -0.15) is 0 Å². The quantitative estimate of drug-likeness (QED) is 0.0828. The first-order valence-electron chi connectivity index (χ1n) is 24.7. The minimum atomic E-state index is -0.904. The third-order valence-corrected chi connectivity index (χ3v) is 13.8. The van der Waals surface area contributed by atoms with Crippen molar-refractivity contribution in [2.75, 3.05) is 61.7 Å². The minimum absolute atomic E-state index is 0.0161. The highest BCUT2D eigenvalue weighted by Crippen LogP contribution is 2.44. The normalized spacial score (nSPS) is 16.3. The van der Waals surface area contributed by atoms with Crippen molar-refractivity contribution in [3.63, 3.8) is 0 Å². The van der Waals surface area contributed by atoms with Crippen LogP contribution in [-0.4, -0.2) is 141 Å². The van der Waals surface area contributed by atoms with Gasteiger partial charge in [0.25, 0.3) is 0 Å². The van der Waals surface area contributed by atoms with Crippen LogP contribution >= 0.6 is 12.2 Å². The number of methoxy groups -OCH3 is 3. The van der Waals surface area contributed by atoms with Crippen molar-refractivity contribution in [1.82, 2.24) is 25.3 Å². The highest BCUT2D eigenvalue weighted by molar-refractivity contribution is 7.80. The lowest BCUT2D eigenvalue weighted by atomic mass is 9.90. The molecule has 5 rings (SSSR count). The van der Waals surface area contributed by atoms with Gasteiger partial charge in [-0.15, -0.1) is 0 Å². The molecule has 0 saturated carbocycles. The van der Waals surface area contributed by atoms with E-state index in [0.717, 1.165) is 28.7 Å². The van der Waals surface area contributed by atoms with E-state index in [1.807, 2.05) is 94.1 Å². The number of thiocarbonyl (C=S) groups is 1. The molecule has 1 heterocycles. The number of hydrogen-bond acceptors (Lipinski definition) is 10. The Balaban J connectivity index is 0.00000116. The highest BCUT2D eigenvalue weighted by atomic mass is 32.1. The Morgan fingerprint density at radius 3 is 1.86 bits per heavy atom. The molecule has 1 aliphatic carbocycles. The second kappa shape index (κ2) is 29.7. The smallest absolute Gasteiger partial charge is 0.410 e. The summed E-state index contributed by atoms with van der Waals surface area (Å²) in [5.41, 5.74) is 5.73. The molecule has 0 radical (unpaired) electrons. The lowest BCUT2D eigenvalue weighted by Gasteiger charge is -2.39. The lowest BCUT2D eigenvalue weighted by molar-refractivity contribution is -0.144. The second-order valence-electron chi connectivity index (χ2n) is 18.6. The van der Waals surface area contributed by atoms with Gasteiger partial charge < -0.3 is 39.4 Å². The van der Waals surface area contributed by atoms with Crippen LogP contribution in [0, 0.1) is 24.7 Å². The predicted octanol–water partition coefficient (Wildman–Crippen LogP) is 8.43. The number of ether oxygens (including phenoxy) is 4. The molecule has 7 atom stereocenters. The molecule has 15 heteroatoms. The summed E-state index contributed by atoms with van der Waals surface area (Å²) in [6.45, 7) is 16.2. The van der Waals surface area contributed by atoms with Crippen molar-refractivity contribution < 1.29 is 42.9 Å². The number of nitrogens with one attached hydrogen (secondary N) is 2. The van der Waals surface area contributed by atoms with Crippen molar-refractivity contribution in [2.45, 2.75) is 124 Å². The van der Waals surface area contributed by atoms with Crippen LogP contribution in [0.1, 0.15) is 103 Å². The fourth-order valence-electron chi connectivity index (χ4n) is 9.38. The van der Waals surface area contributed by atoms with Crippen LogP contribution in [0.25, 0.3) is 11.1 Å². The predicted molar refractivity (Wildman–Crippen MR) is 280 cm³/mol. The number of nitrogens with zero attached hydrogens (tertiary/aromatic N) is 3. The summed E-state index contributed by atoms with van der Waals surface area (Å²) in [6.07, 6.45) is 1.75. The van der Waals surface area contributed by atoms with Crippen LogP contribution in [0.2, 0.25) is 0 Å². The Labute approximate surface area is 423 Å². The van der Waals surface area contributed by atoms with Gasteiger partial charge in [-0.05, 0) is 53.9 Å². The molecule has 7 unspecified atom stereocenters. The molecular weight excluding hydrogens is 907 g/mol. The van der Waals surface area contributed by atoms with E-state index in [-0.39, 0.29) is 67.6 Å². The van der Waals surface area contributed by atoms with Crippen LogP contribution in [0.15, 0.2) is 78.9 Å². The molecule has 0 bridgehead atoms. The summed E-state index contributed by atoms with van der Waals surface area (Å²) >= 11 is 5.57. The molecule has 0 aromatic heterocycles. The molecule has 1 aliphatic heterocycles. The topological polar surface area (TPSA) is 156 Å². The fraction of sp³-hybridized carbons (Fsp3) is 0.564. The minimum Gasteiger partial charge on any atom is -0.468 e. The third kappa shape index (κ3) is 16.1. The Morgan fingerprint density at radius 1 is 0.786 bits per heavy atom. The lowest BCUT2D eigenvalue weighted by Crippen LogP contribution is -2.55. The van der Waals surface area contributed by atoms with Gasteiger partial charge in [0.15, 0.2) is 0 Å². The molecule has 14 nitrogen and oxygen atoms in total. The first-order chi connectivity index (χ1) is 33.4. The zero-order valence-electron chi connectivity index (χ0n) is 44.0. The van der Waals surface area contributed by atoms with Gasteiger partial charge in [0.05, 0.1) is 49.4 Å². The maximum Gasteiger partial charge on any atom is 0.410 e. The van der Waals surface area contributed by atoms with E-state index < -0.39 is 42.3 Å². The van der Waals surface area contributed by atoms with Crippen LogP contribution in [0.3, 0.4) is 0 Å². The number of rotatable bonds is 20. The summed E-state index contributed by atoms with van der Waals surface area (Å²) in [7, 11) is 7.62. The van der Waals surface area contributed by atoms with Crippen LogP contribution < -0.4 is 10.6 Å². The van der Waals surface area contributed by atoms with Crippen molar-refractivity contribution in [2.24, 2.45) is 17.8 Å². The summed E-state index contributed by atoms with van der Waals surface area (Å²) in [4.78, 5) is 71.9. The molecule has 2 N–H and O–H groups in total. The maximum atomic E-state index is 14.1. The summed E-state index contributed by atoms with van der Waals surface area (Å²) in [6, 6.07) is 24.8. The number of aryl methyl sites for hydroxylation is 1. The van der Waals surface area contributed by atoms with E-state index in [2.05, 4.69) is 55.7 Å². The number of likely N-dealkylation sites (N-methyl/N-ethyl adjacent to an activating group) is 2. The van der Waals surface area contributed by atoms with Gasteiger partial charge in [-0.3, -0.25) is 24.1 Å². The Kier molecular flexibility index (Phi) is 25.0. The van der Waals surface area contributed by atoms with E-state index in [9.17, 15) is 24.0 Å². The molecule has 1 fully saturated rings. The van der Waals surface area contributed by atoms with Crippen molar-refractivity contribution in [1.29, 1.82) is 0 Å². The Hall–Kier alpha value is -5.38. The molecule has 3 aromatic carbocycles. The number of hydrogen-bond donors (Lipinski definition) is 2. The SMILES string of the molecule is CCC.CCC(C)C(C(CC(=O)N1CCCC1C(OC)C(C)C(=S)NCC(=O)OC)OC)N(C)C(=O)CNC(=O)C(C(C)C)N(C)C(=O)OCC1c2ccccc2-c2ccccc21.Cc1ccccc1. The number of likely N-dealkylation sites (tertiary alicyclic amines) is 1. The van der Waals surface area contributed by atoms with Crippen molar-refractivity contribution >= 4 is 47.0 Å². The number of benzene rings is 3. The highest BCUT2D eigenvalue weighted by Gasteiger charge is 2.42. The molecule has 2 aliphatic rings. The van der Waals surface area contributed by atoms with Gasteiger partial charge >= 0.3 is 12.1 Å². The van der Waals surface area contributed by atoms with E-state index in [0.29, 0.717) is 24.4 Å². The molecular formula is C55H81N5O9S. The van der Waals surface area contributed by atoms with Gasteiger partial charge in [0, 0.05) is 46.7 Å². The summed E-state index contributed by atoms with van der Waals surface area (Å²) < 4.78 is 22.4. The standard InChI is InChI=1S/C45H65N5O9S.C7H8.C3H8/c1-11-28(4)41(36(56-8)23-37(51)50-22-16-21-35(50)42(58-10)29(5)44(60)47-25-39(53)57-9)48(6)38(52)24-46-43(54)40(27(2)3)49(7)45(55)59-26-34-32-19-14-12-17-30(32)31-18-13-15-20-33(31)34;1-7-5-3-2-4-6-7;1-3-2/h12-15,17-20,27-29,34-36,40-42H,11,16,21-26H2,1-10H3,(H,46,54)(H,47,60);2-6H,1H3;3H2,1-2H3. The van der Waals surface area contributed by atoms with Gasteiger partial charge in [-0.1, -0.05) is 158 Å². The molecule has 70 heavy (non-hydrogen) atoms. The Bertz CT molecular complexity index is 2090. The van der Waals surface area contributed by atoms with Crippen LogP contribution in [0.4, 0.5) is 4.79 Å². The number of esters is 1. The maximum absolute atomic E-state index is 14.1. The monoisotopic (exact) mass is 988 g/mol. The Morgan fingerprint density at radius 2 is 1.36 bits per heavy atom. The number of carbonyl (C=O) groups excluding carboxylic acids is 5. The molecule has 3 aromatic rings. The average molecular weight is 988 g/mol. The molecule has 0 spiro atoms. The van der Waals surface area contributed by atoms with Gasteiger partial charge in [0.1, 0.15) is 19.2 Å². The summed E-state index contributed by atoms with van der Waals surface area (Å²) in [5.74, 6) is -2.21. The van der Waals surface area contributed by atoms with Crippen LogP contribution in [-0.2, 0) is 38.1 Å². The van der Waals surface area contributed by atoms with E-state index >= 15 is 0 Å². The zero-order chi connectivity index (χ0) is 52.1. The van der Waals surface area contributed by atoms with Gasteiger partial charge in [-0.25, -0.2) is 4.79 Å². The molecule has 386 valence electrons. The first-order valence-corrected chi connectivity index (χ1v) is 25.2. The van der Waals surface area contributed by atoms with Crippen molar-refractivity contribution in [3.8, 4) is 11.1 Å². The zero-order valence-corrected chi connectivity index (χ0v) is 44.8. The summed E-state index contributed by atoms with van der Waals surface area (Å²) in [5, 5.41) is 5.71.